The van der Waals surface area contributed by atoms with Gasteiger partial charge in [-0.15, -0.1) is 0 Å². The minimum Gasteiger partial charge on any atom is -0.457 e. The molecule has 286 valence electrons. The van der Waals surface area contributed by atoms with Crippen LogP contribution in [0.2, 0.25) is 0 Å². The Hall–Kier alpha value is -0.760. The number of allylic oxidation sites excluding steroid dienone is 2. The fraction of sp³-hybridized carbons (Fsp3) is 0.923. The topological polar surface area (TPSA) is 91.3 Å². The zero-order valence-electron chi connectivity index (χ0n) is 32.2. The predicted octanol–water partition coefficient (Wildman–Crippen LogP) is 11.1. The Bertz CT molecular complexity index is 787. The molecule has 8 nitrogen and oxygen atoms in total. The second kappa shape index (κ2) is 33.4. The highest BCUT2D eigenvalue weighted by Crippen LogP contribution is 2.43. The lowest BCUT2D eigenvalue weighted by Crippen LogP contribution is -2.37. The number of carbonyl (C=O) groups excluding carboxylic acids is 1. The van der Waals surface area contributed by atoms with Crippen molar-refractivity contribution in [2.75, 3.05) is 54.1 Å². The summed E-state index contributed by atoms with van der Waals surface area (Å²) in [5.74, 6) is -0.347. The van der Waals surface area contributed by atoms with Crippen molar-refractivity contribution >= 4 is 13.8 Å². The molecule has 0 amide bonds. The van der Waals surface area contributed by atoms with Crippen LogP contribution in [0.5, 0.6) is 0 Å². The molecule has 0 fully saturated rings. The van der Waals surface area contributed by atoms with Gasteiger partial charge in [0.25, 0.3) is 0 Å². The first-order valence-electron chi connectivity index (χ1n) is 19.9. The van der Waals surface area contributed by atoms with Gasteiger partial charge in [0.15, 0.2) is 0 Å². The highest BCUT2D eigenvalue weighted by Gasteiger charge is 2.26. The summed E-state index contributed by atoms with van der Waals surface area (Å²) in [5.41, 5.74) is 0. The second-order valence-corrected chi connectivity index (χ2v) is 16.1. The van der Waals surface area contributed by atoms with E-state index < -0.39 is 13.9 Å². The van der Waals surface area contributed by atoms with Gasteiger partial charge in [0.1, 0.15) is 19.3 Å². The summed E-state index contributed by atoms with van der Waals surface area (Å²) in [4.78, 5) is 22.2. The molecule has 2 atom stereocenters. The van der Waals surface area contributed by atoms with Crippen LogP contribution in [-0.2, 0) is 27.9 Å². The molecule has 0 heterocycles. The van der Waals surface area contributed by atoms with Gasteiger partial charge in [0.2, 0.25) is 0 Å². The number of phosphoric ester groups is 1. The van der Waals surface area contributed by atoms with Crippen LogP contribution < -0.4 is 0 Å². The molecule has 0 aromatic carbocycles. The number of carbonyl (C=O) groups is 1. The average molecular weight is 705 g/mol. The zero-order chi connectivity index (χ0) is 35.6. The predicted molar refractivity (Wildman–Crippen MR) is 201 cm³/mol. The number of quaternary nitrogens is 1. The number of phosphoric acid groups is 1. The van der Waals surface area contributed by atoms with Gasteiger partial charge in [0, 0.05) is 13.0 Å². The van der Waals surface area contributed by atoms with Crippen molar-refractivity contribution in [3.05, 3.63) is 12.2 Å². The van der Waals surface area contributed by atoms with Crippen molar-refractivity contribution in [1.82, 2.24) is 0 Å². The van der Waals surface area contributed by atoms with E-state index >= 15 is 0 Å². The molecule has 2 unspecified atom stereocenters. The van der Waals surface area contributed by atoms with Crippen LogP contribution in [0, 0.1) is 0 Å². The monoisotopic (exact) mass is 705 g/mol. The molecule has 0 aliphatic heterocycles. The van der Waals surface area contributed by atoms with Gasteiger partial charge in [-0.3, -0.25) is 13.8 Å². The van der Waals surface area contributed by atoms with Crippen LogP contribution in [0.4, 0.5) is 0 Å². The Morgan fingerprint density at radius 2 is 1.08 bits per heavy atom. The first-order chi connectivity index (χ1) is 23.1. The maximum Gasteiger partial charge on any atom is 0.472 e. The molecule has 0 aliphatic rings. The van der Waals surface area contributed by atoms with E-state index in [1.807, 2.05) is 28.1 Å². The molecule has 0 bridgehead atoms. The van der Waals surface area contributed by atoms with Crippen molar-refractivity contribution in [3.63, 3.8) is 0 Å². The summed E-state index contributed by atoms with van der Waals surface area (Å²) in [7, 11) is 1.67. The molecule has 0 radical (unpaired) electrons. The minimum absolute atomic E-state index is 0.0898. The summed E-state index contributed by atoms with van der Waals surface area (Å²) in [5, 5.41) is 0. The molecule has 48 heavy (non-hydrogen) atoms. The lowest BCUT2D eigenvalue weighted by molar-refractivity contribution is -0.870. The van der Waals surface area contributed by atoms with Crippen LogP contribution in [0.15, 0.2) is 12.2 Å². The summed E-state index contributed by atoms with van der Waals surface area (Å²) >= 11 is 0. The maximum atomic E-state index is 12.3. The lowest BCUT2D eigenvalue weighted by Gasteiger charge is -2.24. The highest BCUT2D eigenvalue weighted by atomic mass is 31.2. The van der Waals surface area contributed by atoms with Gasteiger partial charge in [-0.2, -0.15) is 0 Å². The van der Waals surface area contributed by atoms with Gasteiger partial charge in [-0.05, 0) is 38.5 Å². The number of ether oxygens (including phenoxy) is 2. The summed E-state index contributed by atoms with van der Waals surface area (Å²) in [6.45, 7) is 5.39. The largest absolute Gasteiger partial charge is 0.472 e. The molecule has 0 aliphatic carbocycles. The van der Waals surface area contributed by atoms with Crippen LogP contribution >= 0.6 is 7.82 Å². The van der Waals surface area contributed by atoms with Crippen LogP contribution in [0.1, 0.15) is 174 Å². The molecule has 0 saturated heterocycles. The normalized spacial score (nSPS) is 14.0. The molecule has 9 heteroatoms. The van der Waals surface area contributed by atoms with E-state index in [0.717, 1.165) is 25.7 Å². The number of unbranched alkanes of at least 4 members (excludes halogenated alkanes) is 21. The highest BCUT2D eigenvalue weighted by molar-refractivity contribution is 7.47. The van der Waals surface area contributed by atoms with Crippen molar-refractivity contribution in [2.24, 2.45) is 0 Å². The first-order valence-corrected chi connectivity index (χ1v) is 21.4. The second-order valence-electron chi connectivity index (χ2n) is 14.7. The fourth-order valence-corrected chi connectivity index (χ4v) is 6.15. The Balaban J connectivity index is 3.76. The molecule has 0 saturated carbocycles. The van der Waals surface area contributed by atoms with Gasteiger partial charge in [-0.1, -0.05) is 142 Å². The quantitative estimate of drug-likeness (QED) is 0.0226. The maximum absolute atomic E-state index is 12.3. The number of likely N-dealkylation sites (N-methyl/N-ethyl adjacent to an activating group) is 1. The fourth-order valence-electron chi connectivity index (χ4n) is 5.41. The Morgan fingerprint density at radius 1 is 0.625 bits per heavy atom. The molecule has 0 spiro atoms. The smallest absolute Gasteiger partial charge is 0.457 e. The number of hydrogen-bond acceptors (Lipinski definition) is 6. The van der Waals surface area contributed by atoms with E-state index in [4.69, 9.17) is 18.5 Å². The molecule has 0 aromatic heterocycles. The van der Waals surface area contributed by atoms with E-state index in [9.17, 15) is 14.3 Å². The van der Waals surface area contributed by atoms with E-state index in [2.05, 4.69) is 19.1 Å². The van der Waals surface area contributed by atoms with E-state index in [1.165, 1.54) is 128 Å². The minimum atomic E-state index is -4.24. The number of hydrogen-bond donors (Lipinski definition) is 1. The average Bonchev–Trinajstić information content (AvgIpc) is 3.03. The molecule has 1 N–H and O–H groups in total. The molecule has 0 rings (SSSR count). The van der Waals surface area contributed by atoms with Gasteiger partial charge in [0.05, 0.1) is 34.4 Å². The van der Waals surface area contributed by atoms with E-state index in [0.29, 0.717) is 24.1 Å². The molecular formula is C39H79NO7P+. The van der Waals surface area contributed by atoms with Crippen molar-refractivity contribution in [2.45, 2.75) is 180 Å². The third-order valence-corrected chi connectivity index (χ3v) is 9.56. The summed E-state index contributed by atoms with van der Waals surface area (Å²) in [6.07, 6.45) is 35.1. The Labute approximate surface area is 297 Å². The van der Waals surface area contributed by atoms with E-state index in [-0.39, 0.29) is 25.8 Å². The Kier molecular flexibility index (Phi) is 32.9. The SMILES string of the molecule is CCCCCCCCCC/C=C\CCCCCCCCCCCCCCOCC(COP(=O)(O)OCC[N+](C)(C)C)OC(=O)CCCC. The summed E-state index contributed by atoms with van der Waals surface area (Å²) in [6, 6.07) is 0. The van der Waals surface area contributed by atoms with Crippen LogP contribution in [0.3, 0.4) is 0 Å². The molecular weight excluding hydrogens is 625 g/mol. The summed E-state index contributed by atoms with van der Waals surface area (Å²) < 4.78 is 34.3. The van der Waals surface area contributed by atoms with Gasteiger partial charge < -0.3 is 18.9 Å². The van der Waals surface area contributed by atoms with Gasteiger partial charge >= 0.3 is 13.8 Å². The van der Waals surface area contributed by atoms with Gasteiger partial charge in [-0.25, -0.2) is 4.57 Å². The van der Waals surface area contributed by atoms with Crippen molar-refractivity contribution in [3.8, 4) is 0 Å². The number of rotatable bonds is 37. The van der Waals surface area contributed by atoms with Crippen molar-refractivity contribution < 1.29 is 37.3 Å². The lowest BCUT2D eigenvalue weighted by atomic mass is 10.0. The third-order valence-electron chi connectivity index (χ3n) is 8.58. The Morgan fingerprint density at radius 3 is 1.56 bits per heavy atom. The standard InChI is InChI=1S/C39H78NO7P/c1-6-8-10-11-12-13-14-15-16-17-18-19-20-21-22-23-24-25-26-27-28-29-30-31-34-44-36-38(47-39(41)32-9-7-2)37-46-48(42,43)45-35-33-40(3,4)5/h17-18,38H,6-16,19-37H2,1-5H3/p+1/b18-17-. The number of nitrogens with zero attached hydrogens (tertiary/aromatic N) is 1. The van der Waals surface area contributed by atoms with Crippen LogP contribution in [0.25, 0.3) is 0 Å². The number of esters is 1. The van der Waals surface area contributed by atoms with Crippen molar-refractivity contribution in [1.29, 1.82) is 0 Å². The first kappa shape index (κ1) is 47.2. The third kappa shape index (κ3) is 36.5. The zero-order valence-corrected chi connectivity index (χ0v) is 33.1. The van der Waals surface area contributed by atoms with Crippen LogP contribution in [-0.4, -0.2) is 75.6 Å². The molecule has 0 aromatic rings. The van der Waals surface area contributed by atoms with E-state index in [1.54, 1.807) is 0 Å².